The molecule has 3 heterocycles. The summed E-state index contributed by atoms with van der Waals surface area (Å²) in [5.74, 6) is 0.372. The van der Waals surface area contributed by atoms with Crippen molar-refractivity contribution in [2.75, 3.05) is 0 Å². The van der Waals surface area contributed by atoms with Crippen molar-refractivity contribution in [2.24, 2.45) is 5.92 Å². The van der Waals surface area contributed by atoms with E-state index in [0.29, 0.717) is 5.92 Å². The van der Waals surface area contributed by atoms with E-state index in [-0.39, 0.29) is 0 Å². The van der Waals surface area contributed by atoms with Crippen molar-refractivity contribution >= 4 is 74.8 Å². The molecule has 0 N–H and O–H groups in total. The van der Waals surface area contributed by atoms with Crippen LogP contribution in [0, 0.1) is 16.6 Å². The van der Waals surface area contributed by atoms with E-state index in [1.165, 1.54) is 64.1 Å². The molecule has 0 spiro atoms. The van der Waals surface area contributed by atoms with Gasteiger partial charge < -0.3 is 0 Å². The fraction of sp³-hybridized carbons (Fsp3) is 0.0698. The number of allylic oxidation sites excluding steroid dienone is 4. The van der Waals surface area contributed by atoms with Crippen LogP contribution in [0.15, 0.2) is 150 Å². The Morgan fingerprint density at radius 3 is 1.93 bits per heavy atom. The maximum atomic E-state index is 6.44. The van der Waals surface area contributed by atoms with E-state index in [0.717, 1.165) is 17.6 Å². The topological polar surface area (TPSA) is 18.1 Å². The Kier molecular flexibility index (Phi) is 5.77. The molecule has 46 heavy (non-hydrogen) atoms. The fourth-order valence-corrected chi connectivity index (χ4v) is 14.5. The van der Waals surface area contributed by atoms with Crippen LogP contribution in [0.4, 0.5) is 0 Å². The Morgan fingerprint density at radius 1 is 0.565 bits per heavy atom. The molecule has 10 rings (SSSR count). The number of hydrogen-bond acceptors (Lipinski definition) is 1. The second kappa shape index (κ2) is 10.1. The number of fused-ring (bicyclic) bond motifs is 9. The average Bonchev–Trinajstić information content (AvgIpc) is 3.74. The molecule has 1 aliphatic heterocycles. The van der Waals surface area contributed by atoms with Crippen LogP contribution in [0.2, 0.25) is 0 Å². The van der Waals surface area contributed by atoms with Crippen LogP contribution in [0.5, 0.6) is 0 Å². The summed E-state index contributed by atoms with van der Waals surface area (Å²) in [5.41, 5.74) is 11.2. The Bertz CT molecular complexity index is 2550. The molecule has 2 nitrogen and oxygen atoms in total. The molecule has 2 aromatic heterocycles. The first-order valence-corrected chi connectivity index (χ1v) is 19.2. The van der Waals surface area contributed by atoms with Gasteiger partial charge in [-0.1, -0.05) is 0 Å². The Hall–Kier alpha value is -4.87. The van der Waals surface area contributed by atoms with Gasteiger partial charge in [0, 0.05) is 0 Å². The number of rotatable bonds is 3. The van der Waals surface area contributed by atoms with Crippen LogP contribution < -0.4 is 0 Å². The van der Waals surface area contributed by atoms with E-state index in [1.54, 1.807) is 7.14 Å². The summed E-state index contributed by atoms with van der Waals surface area (Å²) < 4.78 is 13.6. The van der Waals surface area contributed by atoms with Gasteiger partial charge in [0.25, 0.3) is 0 Å². The Morgan fingerprint density at radius 2 is 1.17 bits per heavy atom. The molecule has 3 heteroatoms. The van der Waals surface area contributed by atoms with E-state index in [2.05, 4.69) is 151 Å². The van der Waals surface area contributed by atoms with E-state index in [4.69, 9.17) is 4.42 Å². The van der Waals surface area contributed by atoms with Gasteiger partial charge in [0.15, 0.2) is 0 Å². The van der Waals surface area contributed by atoms with Crippen molar-refractivity contribution < 1.29 is 4.42 Å². The molecular formula is C43H30INO. The molecule has 1 unspecified atom stereocenters. The monoisotopic (exact) mass is 703 g/mol. The van der Waals surface area contributed by atoms with Gasteiger partial charge >= 0.3 is 276 Å². The summed E-state index contributed by atoms with van der Waals surface area (Å²) in [4.78, 5) is 0. The van der Waals surface area contributed by atoms with Crippen molar-refractivity contribution in [1.82, 2.24) is 4.57 Å². The van der Waals surface area contributed by atoms with E-state index in [1.807, 2.05) is 6.07 Å². The normalized spacial score (nSPS) is 16.6. The first-order chi connectivity index (χ1) is 22.8. The van der Waals surface area contributed by atoms with E-state index < -0.39 is 19.8 Å². The third kappa shape index (κ3) is 3.69. The number of aromatic nitrogens is 1. The van der Waals surface area contributed by atoms with Gasteiger partial charge in [0.1, 0.15) is 0 Å². The van der Waals surface area contributed by atoms with E-state index in [9.17, 15) is 0 Å². The summed E-state index contributed by atoms with van der Waals surface area (Å²) >= 11 is -1.95. The molecule has 2 aliphatic rings. The van der Waals surface area contributed by atoms with Gasteiger partial charge in [-0.2, -0.15) is 0 Å². The number of para-hydroxylation sites is 2. The quantitative estimate of drug-likeness (QED) is 0.168. The maximum absolute atomic E-state index is 6.44. The molecule has 0 amide bonds. The van der Waals surface area contributed by atoms with Crippen molar-refractivity contribution in [3.8, 4) is 11.1 Å². The SMILES string of the molecule is CC1CC=CC(n2c3ccccc3c3cc4c(cc32)oc2ccccc24)=C1c1ccccc1I1c2ccccc2-c2ccccc21. The fourth-order valence-electron chi connectivity index (χ4n) is 7.75. The average molecular weight is 704 g/mol. The molecule has 0 fully saturated rings. The summed E-state index contributed by atoms with van der Waals surface area (Å²) in [5, 5.41) is 4.86. The Labute approximate surface area is 274 Å². The van der Waals surface area contributed by atoms with Crippen molar-refractivity contribution in [3.05, 3.63) is 162 Å². The zero-order chi connectivity index (χ0) is 30.4. The molecular weight excluding hydrogens is 673 g/mol. The van der Waals surface area contributed by atoms with Crippen molar-refractivity contribution in [1.29, 1.82) is 0 Å². The molecule has 0 bridgehead atoms. The standard InChI is InChI=1S/C43H30INO/c1-27-13-12-23-39(43(27)32-18-4-9-21-37(32)44-35-19-7-2-14-28(35)29-15-3-8-20-36(29)44)45-38-22-10-5-16-30(38)33-25-34-31-17-6-11-24-41(31)46-42(34)26-40(33)45/h2-12,14-27H,13H2,1H3. The molecule has 0 radical (unpaired) electrons. The van der Waals surface area contributed by atoms with Crippen molar-refractivity contribution in [2.45, 2.75) is 13.3 Å². The van der Waals surface area contributed by atoms with Crippen LogP contribution in [0.25, 0.3) is 66.1 Å². The van der Waals surface area contributed by atoms with Gasteiger partial charge in [0.2, 0.25) is 0 Å². The summed E-state index contributed by atoms with van der Waals surface area (Å²) in [6.07, 6.45) is 5.77. The Balaban J connectivity index is 1.28. The van der Waals surface area contributed by atoms with E-state index >= 15 is 0 Å². The third-order valence-corrected chi connectivity index (χ3v) is 16.1. The second-order valence-electron chi connectivity index (χ2n) is 12.4. The minimum absolute atomic E-state index is 0.372. The van der Waals surface area contributed by atoms with Gasteiger partial charge in [-0.15, -0.1) is 0 Å². The summed E-state index contributed by atoms with van der Waals surface area (Å²) in [6, 6.07) is 49.5. The predicted octanol–water partition coefficient (Wildman–Crippen LogP) is 12.1. The molecule has 0 saturated heterocycles. The zero-order valence-electron chi connectivity index (χ0n) is 25.4. The van der Waals surface area contributed by atoms with Crippen LogP contribution >= 0.6 is 19.8 Å². The van der Waals surface area contributed by atoms with Gasteiger partial charge in [-0.25, -0.2) is 0 Å². The van der Waals surface area contributed by atoms with Gasteiger partial charge in [0.05, 0.1) is 0 Å². The van der Waals surface area contributed by atoms with Crippen molar-refractivity contribution in [3.63, 3.8) is 0 Å². The van der Waals surface area contributed by atoms with Crippen LogP contribution in [-0.4, -0.2) is 4.57 Å². The zero-order valence-corrected chi connectivity index (χ0v) is 27.5. The molecule has 8 aromatic rings. The molecule has 1 atom stereocenters. The van der Waals surface area contributed by atoms with Gasteiger partial charge in [-0.3, -0.25) is 0 Å². The molecule has 6 aromatic carbocycles. The third-order valence-electron chi connectivity index (χ3n) is 9.76. The molecule has 1 aliphatic carbocycles. The molecule has 0 saturated carbocycles. The number of halogens is 1. The van der Waals surface area contributed by atoms with Crippen LogP contribution in [0.3, 0.4) is 0 Å². The number of benzene rings is 6. The second-order valence-corrected chi connectivity index (χ2v) is 17.5. The number of hydrogen-bond donors (Lipinski definition) is 0. The first kappa shape index (κ1) is 26.4. The van der Waals surface area contributed by atoms with Crippen LogP contribution in [0.1, 0.15) is 18.9 Å². The number of furan rings is 1. The summed E-state index contributed by atoms with van der Waals surface area (Å²) in [7, 11) is 0. The summed E-state index contributed by atoms with van der Waals surface area (Å²) in [6.45, 7) is 2.40. The van der Waals surface area contributed by atoms with Crippen LogP contribution in [-0.2, 0) is 0 Å². The molecule has 220 valence electrons. The first-order valence-electron chi connectivity index (χ1n) is 16.0. The predicted molar refractivity (Wildman–Crippen MR) is 201 cm³/mol. The minimum atomic E-state index is -1.95. The van der Waals surface area contributed by atoms with Gasteiger partial charge in [-0.05, 0) is 0 Å². The number of nitrogens with zero attached hydrogens (tertiary/aromatic N) is 1.